The van der Waals surface area contributed by atoms with E-state index in [2.05, 4.69) is 17.4 Å². The van der Waals surface area contributed by atoms with Crippen molar-refractivity contribution in [1.29, 1.82) is 0 Å². The van der Waals surface area contributed by atoms with Crippen LogP contribution in [0.1, 0.15) is 24.8 Å². The van der Waals surface area contributed by atoms with Crippen LogP contribution in [0.3, 0.4) is 0 Å². The van der Waals surface area contributed by atoms with E-state index in [4.69, 9.17) is 4.74 Å². The zero-order chi connectivity index (χ0) is 11.4. The second-order valence-corrected chi connectivity index (χ2v) is 4.36. The van der Waals surface area contributed by atoms with Crippen molar-refractivity contribution < 1.29 is 9.53 Å². The van der Waals surface area contributed by atoms with Crippen molar-refractivity contribution in [1.82, 2.24) is 5.32 Å². The highest BCUT2D eigenvalue weighted by molar-refractivity contribution is 5.47. The Kier molecular flexibility index (Phi) is 3.13. The molecule has 0 saturated heterocycles. The van der Waals surface area contributed by atoms with Crippen LogP contribution in [0.4, 0.5) is 0 Å². The van der Waals surface area contributed by atoms with Gasteiger partial charge in [0.05, 0.1) is 7.11 Å². The molecule has 0 bridgehead atoms. The number of nitrogens with one attached hydrogen (secondary N) is 1. The molecule has 1 fully saturated rings. The number of benzene rings is 1. The summed E-state index contributed by atoms with van der Waals surface area (Å²) in [6.45, 7) is 0.739. The van der Waals surface area contributed by atoms with E-state index in [1.807, 2.05) is 12.1 Å². The minimum absolute atomic E-state index is 0.160. The topological polar surface area (TPSA) is 38.3 Å². The molecule has 0 heterocycles. The monoisotopic (exact) mass is 219 g/mol. The fourth-order valence-corrected chi connectivity index (χ4v) is 2.35. The van der Waals surface area contributed by atoms with Crippen LogP contribution in [-0.4, -0.2) is 20.1 Å². The largest absolute Gasteiger partial charge is 0.497 e. The van der Waals surface area contributed by atoms with Crippen LogP contribution >= 0.6 is 0 Å². The predicted octanol–water partition coefficient (Wildman–Crippen LogP) is 1.86. The molecule has 1 aromatic carbocycles. The fraction of sp³-hybridized carbons (Fsp3) is 0.462. The van der Waals surface area contributed by atoms with Gasteiger partial charge in [-0.15, -0.1) is 0 Å². The van der Waals surface area contributed by atoms with Gasteiger partial charge in [-0.25, -0.2) is 0 Å². The summed E-state index contributed by atoms with van der Waals surface area (Å²) >= 11 is 0. The summed E-state index contributed by atoms with van der Waals surface area (Å²) in [5, 5.41) is 2.81. The highest BCUT2D eigenvalue weighted by Gasteiger charge is 2.38. The van der Waals surface area contributed by atoms with E-state index < -0.39 is 0 Å². The summed E-state index contributed by atoms with van der Waals surface area (Å²) in [7, 11) is 1.67. The second kappa shape index (κ2) is 4.56. The first-order valence-corrected chi connectivity index (χ1v) is 5.62. The first-order valence-electron chi connectivity index (χ1n) is 5.62. The number of methoxy groups -OCH3 is 1. The van der Waals surface area contributed by atoms with E-state index >= 15 is 0 Å². The smallest absolute Gasteiger partial charge is 0.207 e. The van der Waals surface area contributed by atoms with Crippen LogP contribution in [0.5, 0.6) is 5.75 Å². The van der Waals surface area contributed by atoms with Crippen LogP contribution in [0, 0.1) is 0 Å². The average Bonchev–Trinajstić information content (AvgIpc) is 2.29. The van der Waals surface area contributed by atoms with Crippen LogP contribution in [-0.2, 0) is 10.2 Å². The summed E-state index contributed by atoms with van der Waals surface area (Å²) in [4.78, 5) is 10.4. The maximum absolute atomic E-state index is 10.4. The lowest BCUT2D eigenvalue weighted by atomic mass is 9.64. The van der Waals surface area contributed by atoms with Crippen molar-refractivity contribution in [2.45, 2.75) is 24.7 Å². The Balaban J connectivity index is 2.16. The summed E-state index contributed by atoms with van der Waals surface area (Å²) in [5.74, 6) is 0.876. The fourth-order valence-electron chi connectivity index (χ4n) is 2.35. The lowest BCUT2D eigenvalue weighted by Crippen LogP contribution is -2.43. The molecule has 86 valence electrons. The summed E-state index contributed by atoms with van der Waals surface area (Å²) in [5.41, 5.74) is 1.46. The molecule has 0 aliphatic heterocycles. The van der Waals surface area contributed by atoms with E-state index in [0.717, 1.165) is 31.5 Å². The first-order chi connectivity index (χ1) is 7.80. The molecule has 16 heavy (non-hydrogen) atoms. The first kappa shape index (κ1) is 11.0. The zero-order valence-corrected chi connectivity index (χ0v) is 9.53. The number of carbonyl (C=O) groups excluding carboxylic acids is 1. The minimum Gasteiger partial charge on any atom is -0.497 e. The third kappa shape index (κ3) is 1.90. The lowest BCUT2D eigenvalue weighted by Gasteiger charge is -2.42. The molecule has 1 aromatic rings. The van der Waals surface area contributed by atoms with Crippen molar-refractivity contribution >= 4 is 6.41 Å². The molecule has 1 aliphatic rings. The third-order valence-electron chi connectivity index (χ3n) is 3.54. The van der Waals surface area contributed by atoms with E-state index in [-0.39, 0.29) is 5.41 Å². The van der Waals surface area contributed by atoms with Gasteiger partial charge in [0.25, 0.3) is 0 Å². The van der Waals surface area contributed by atoms with Crippen molar-refractivity contribution in [2.24, 2.45) is 0 Å². The Morgan fingerprint density at radius 3 is 2.50 bits per heavy atom. The molecule has 2 rings (SSSR count). The second-order valence-electron chi connectivity index (χ2n) is 4.36. The average molecular weight is 219 g/mol. The Morgan fingerprint density at radius 2 is 2.06 bits per heavy atom. The van der Waals surface area contributed by atoms with Gasteiger partial charge in [0.15, 0.2) is 0 Å². The molecule has 1 saturated carbocycles. The third-order valence-corrected chi connectivity index (χ3v) is 3.54. The number of hydrogen-bond acceptors (Lipinski definition) is 2. The van der Waals surface area contributed by atoms with Gasteiger partial charge in [-0.2, -0.15) is 0 Å². The Bertz CT molecular complexity index is 355. The van der Waals surface area contributed by atoms with Gasteiger partial charge in [-0.3, -0.25) is 4.79 Å². The lowest BCUT2D eigenvalue weighted by molar-refractivity contribution is -0.109. The van der Waals surface area contributed by atoms with E-state index in [1.54, 1.807) is 7.11 Å². The van der Waals surface area contributed by atoms with Crippen molar-refractivity contribution in [3.8, 4) is 5.75 Å². The molecule has 0 atom stereocenters. The van der Waals surface area contributed by atoms with Gasteiger partial charge >= 0.3 is 0 Å². The molecule has 0 radical (unpaired) electrons. The molecule has 0 aromatic heterocycles. The molecule has 0 spiro atoms. The molecule has 1 N–H and O–H groups in total. The van der Waals surface area contributed by atoms with Gasteiger partial charge in [0.1, 0.15) is 5.75 Å². The van der Waals surface area contributed by atoms with E-state index in [0.29, 0.717) is 0 Å². The Morgan fingerprint density at radius 1 is 1.38 bits per heavy atom. The molecular weight excluding hydrogens is 202 g/mol. The number of hydrogen-bond donors (Lipinski definition) is 1. The summed E-state index contributed by atoms with van der Waals surface area (Å²) in [6.07, 6.45) is 4.33. The van der Waals surface area contributed by atoms with Crippen molar-refractivity contribution in [3.63, 3.8) is 0 Å². The summed E-state index contributed by atoms with van der Waals surface area (Å²) < 4.78 is 5.14. The molecule has 1 amide bonds. The Hall–Kier alpha value is -1.51. The number of carbonyl (C=O) groups is 1. The maximum Gasteiger partial charge on any atom is 0.207 e. The minimum atomic E-state index is 0.160. The molecule has 3 nitrogen and oxygen atoms in total. The van der Waals surface area contributed by atoms with Crippen LogP contribution in [0.2, 0.25) is 0 Å². The number of amides is 1. The van der Waals surface area contributed by atoms with E-state index in [1.165, 1.54) is 12.0 Å². The van der Waals surface area contributed by atoms with Gasteiger partial charge in [-0.1, -0.05) is 18.6 Å². The van der Waals surface area contributed by atoms with E-state index in [9.17, 15) is 4.79 Å². The van der Waals surface area contributed by atoms with Crippen molar-refractivity contribution in [3.05, 3.63) is 29.8 Å². The van der Waals surface area contributed by atoms with Crippen LogP contribution in [0.15, 0.2) is 24.3 Å². The van der Waals surface area contributed by atoms with Crippen LogP contribution in [0.25, 0.3) is 0 Å². The maximum atomic E-state index is 10.4. The normalized spacial score (nSPS) is 17.3. The van der Waals surface area contributed by atoms with Gasteiger partial charge in [0.2, 0.25) is 6.41 Å². The standard InChI is InChI=1S/C13H17NO2/c1-16-12-5-3-11(4-6-12)13(7-2-8-13)9-14-10-15/h3-6,10H,2,7-9H2,1H3,(H,14,15). The molecule has 3 heteroatoms. The molecule has 1 aliphatic carbocycles. The van der Waals surface area contributed by atoms with Crippen LogP contribution < -0.4 is 10.1 Å². The van der Waals surface area contributed by atoms with Gasteiger partial charge < -0.3 is 10.1 Å². The zero-order valence-electron chi connectivity index (χ0n) is 9.53. The molecule has 0 unspecified atom stereocenters. The SMILES string of the molecule is COc1ccc(C2(CNC=O)CCC2)cc1. The highest BCUT2D eigenvalue weighted by atomic mass is 16.5. The molecular formula is C13H17NO2. The summed E-state index contributed by atoms with van der Waals surface area (Å²) in [6, 6.07) is 8.17. The Labute approximate surface area is 95.8 Å². The van der Waals surface area contributed by atoms with Gasteiger partial charge in [0, 0.05) is 12.0 Å². The highest BCUT2D eigenvalue weighted by Crippen LogP contribution is 2.43. The van der Waals surface area contributed by atoms with Crippen molar-refractivity contribution in [2.75, 3.05) is 13.7 Å². The quantitative estimate of drug-likeness (QED) is 0.768. The predicted molar refractivity (Wildman–Crippen MR) is 62.6 cm³/mol. The number of rotatable bonds is 5. The van der Waals surface area contributed by atoms with Gasteiger partial charge in [-0.05, 0) is 30.5 Å². The number of ether oxygens (including phenoxy) is 1.